The van der Waals surface area contributed by atoms with E-state index in [9.17, 15) is 9.90 Å². The highest BCUT2D eigenvalue weighted by atomic mass is 16.3. The van der Waals surface area contributed by atoms with Crippen LogP contribution in [0.3, 0.4) is 0 Å². The van der Waals surface area contributed by atoms with Crippen LogP contribution < -0.4 is 0 Å². The second-order valence-electron chi connectivity index (χ2n) is 7.60. The van der Waals surface area contributed by atoms with Gasteiger partial charge in [0.15, 0.2) is 0 Å². The van der Waals surface area contributed by atoms with Crippen molar-refractivity contribution in [1.82, 2.24) is 4.90 Å². The minimum atomic E-state index is 0.131. The minimum Gasteiger partial charge on any atom is -0.508 e. The zero-order valence-electron chi connectivity index (χ0n) is 14.7. The second kappa shape index (κ2) is 5.97. The lowest BCUT2D eigenvalue weighted by Gasteiger charge is -2.45. The number of piperidine rings is 1. The van der Waals surface area contributed by atoms with Crippen LogP contribution in [0, 0.1) is 0 Å². The van der Waals surface area contributed by atoms with E-state index in [2.05, 4.69) is 16.0 Å². The van der Waals surface area contributed by atoms with Gasteiger partial charge in [0.1, 0.15) is 5.75 Å². The van der Waals surface area contributed by atoms with E-state index in [1.54, 1.807) is 6.07 Å². The standard InChI is InChI=1S/C22H22N2O2/c25-17-6-7-18-15(12-17)5-8-21-19(18)2-1-11-24(21)22(26)16-4-3-14-9-10-23-20(14)13-16/h3-4,6-7,10,12-13,19,21,25H,1-2,5,8-9,11H2/t19?,21-/m0/s1. The van der Waals surface area contributed by atoms with Crippen molar-refractivity contribution in [2.24, 2.45) is 4.99 Å². The Balaban J connectivity index is 1.46. The third-order valence-electron chi connectivity index (χ3n) is 6.15. The van der Waals surface area contributed by atoms with Gasteiger partial charge >= 0.3 is 0 Å². The Morgan fingerprint density at radius 2 is 2.04 bits per heavy atom. The van der Waals surface area contributed by atoms with Crippen LogP contribution in [0.25, 0.3) is 0 Å². The summed E-state index contributed by atoms with van der Waals surface area (Å²) in [7, 11) is 0. The number of aliphatic imine (C=N–C) groups is 1. The Labute approximate surface area is 153 Å². The lowest BCUT2D eigenvalue weighted by atomic mass is 9.74. The Morgan fingerprint density at radius 3 is 2.96 bits per heavy atom. The molecule has 3 aliphatic rings. The van der Waals surface area contributed by atoms with Crippen molar-refractivity contribution < 1.29 is 9.90 Å². The molecule has 0 saturated carbocycles. The zero-order chi connectivity index (χ0) is 17.7. The predicted octanol–water partition coefficient (Wildman–Crippen LogP) is 3.99. The predicted molar refractivity (Wildman–Crippen MR) is 102 cm³/mol. The molecule has 1 fully saturated rings. The quantitative estimate of drug-likeness (QED) is 0.849. The van der Waals surface area contributed by atoms with Gasteiger partial charge in [0.25, 0.3) is 5.91 Å². The lowest BCUT2D eigenvalue weighted by Crippen LogP contribution is -2.49. The number of hydrogen-bond acceptors (Lipinski definition) is 3. The molecule has 2 atom stereocenters. The molecule has 4 heteroatoms. The minimum absolute atomic E-state index is 0.131. The molecular weight excluding hydrogens is 324 g/mol. The van der Waals surface area contributed by atoms with Crippen LogP contribution in [0.1, 0.15) is 52.2 Å². The van der Waals surface area contributed by atoms with Crippen LogP contribution in [-0.2, 0) is 12.8 Å². The fourth-order valence-electron chi connectivity index (χ4n) is 4.90. The van der Waals surface area contributed by atoms with Gasteiger partial charge < -0.3 is 10.0 Å². The molecule has 2 heterocycles. The molecule has 4 nitrogen and oxygen atoms in total. The number of likely N-dealkylation sites (tertiary alicyclic amines) is 1. The third-order valence-corrected chi connectivity index (χ3v) is 6.15. The van der Waals surface area contributed by atoms with E-state index in [0.29, 0.717) is 11.7 Å². The van der Waals surface area contributed by atoms with Crippen LogP contribution in [0.5, 0.6) is 5.75 Å². The van der Waals surface area contributed by atoms with E-state index in [4.69, 9.17) is 0 Å². The fraction of sp³-hybridized carbons (Fsp3) is 0.364. The number of carbonyl (C=O) groups excluding carboxylic acids is 1. The Hall–Kier alpha value is -2.62. The summed E-state index contributed by atoms with van der Waals surface area (Å²) in [5.74, 6) is 0.848. The van der Waals surface area contributed by atoms with E-state index in [1.807, 2.05) is 30.5 Å². The molecule has 5 rings (SSSR count). The molecule has 0 spiro atoms. The van der Waals surface area contributed by atoms with E-state index >= 15 is 0 Å². The van der Waals surface area contributed by atoms with Crippen molar-refractivity contribution in [3.63, 3.8) is 0 Å². The lowest BCUT2D eigenvalue weighted by molar-refractivity contribution is 0.0546. The number of nitrogens with zero attached hydrogens (tertiary/aromatic N) is 2. The van der Waals surface area contributed by atoms with Crippen molar-refractivity contribution in [1.29, 1.82) is 0 Å². The second-order valence-corrected chi connectivity index (χ2v) is 7.60. The molecule has 2 aromatic rings. The van der Waals surface area contributed by atoms with Crippen molar-refractivity contribution >= 4 is 17.8 Å². The summed E-state index contributed by atoms with van der Waals surface area (Å²) in [6.45, 7) is 0.827. The average molecular weight is 346 g/mol. The molecule has 0 aromatic heterocycles. The number of phenols is 1. The molecule has 2 aromatic carbocycles. The SMILES string of the molecule is O=C(c1ccc2c(c1)N=CC2)N1CCCC2c3ccc(O)cc3CC[C@@H]21. The van der Waals surface area contributed by atoms with Gasteiger partial charge in [0.2, 0.25) is 0 Å². The number of carbonyl (C=O) groups is 1. The van der Waals surface area contributed by atoms with Gasteiger partial charge in [-0.25, -0.2) is 0 Å². The number of aromatic hydroxyl groups is 1. The molecule has 1 N–H and O–H groups in total. The first-order valence-electron chi connectivity index (χ1n) is 9.49. The Morgan fingerprint density at radius 1 is 1.12 bits per heavy atom. The van der Waals surface area contributed by atoms with Gasteiger partial charge in [-0.3, -0.25) is 9.79 Å². The van der Waals surface area contributed by atoms with Gasteiger partial charge in [-0.15, -0.1) is 0 Å². The highest BCUT2D eigenvalue weighted by Crippen LogP contribution is 2.42. The van der Waals surface area contributed by atoms with E-state index < -0.39 is 0 Å². The van der Waals surface area contributed by atoms with Gasteiger partial charge in [0, 0.05) is 36.7 Å². The molecule has 0 bridgehead atoms. The number of benzene rings is 2. The summed E-state index contributed by atoms with van der Waals surface area (Å²) in [6.07, 6.45) is 6.79. The summed E-state index contributed by atoms with van der Waals surface area (Å²) in [4.78, 5) is 19.7. The average Bonchev–Trinajstić information content (AvgIpc) is 3.14. The summed E-state index contributed by atoms with van der Waals surface area (Å²) < 4.78 is 0. The first-order chi connectivity index (χ1) is 12.7. The number of aryl methyl sites for hydroxylation is 1. The zero-order valence-corrected chi connectivity index (χ0v) is 14.7. The molecule has 1 unspecified atom stereocenters. The molecule has 2 aliphatic heterocycles. The van der Waals surface area contributed by atoms with Crippen LogP contribution >= 0.6 is 0 Å². The molecule has 1 aliphatic carbocycles. The topological polar surface area (TPSA) is 52.9 Å². The smallest absolute Gasteiger partial charge is 0.254 e. The summed E-state index contributed by atoms with van der Waals surface area (Å²) in [5.41, 5.74) is 5.45. The monoisotopic (exact) mass is 346 g/mol. The van der Waals surface area contributed by atoms with Crippen molar-refractivity contribution in [2.45, 2.75) is 44.1 Å². The molecule has 0 radical (unpaired) electrons. The van der Waals surface area contributed by atoms with E-state index in [1.165, 1.54) is 16.7 Å². The number of phenolic OH excluding ortho intramolecular Hbond substituents is 1. The number of hydrogen-bond donors (Lipinski definition) is 1. The first kappa shape index (κ1) is 15.6. The van der Waals surface area contributed by atoms with Crippen LogP contribution in [0.15, 0.2) is 41.4 Å². The van der Waals surface area contributed by atoms with Crippen molar-refractivity contribution in [3.8, 4) is 5.75 Å². The van der Waals surface area contributed by atoms with Crippen LogP contribution in [0.2, 0.25) is 0 Å². The maximum Gasteiger partial charge on any atom is 0.254 e. The Kier molecular flexibility index (Phi) is 3.59. The summed E-state index contributed by atoms with van der Waals surface area (Å²) >= 11 is 0. The highest BCUT2D eigenvalue weighted by molar-refractivity contribution is 5.96. The van der Waals surface area contributed by atoms with Gasteiger partial charge in [-0.1, -0.05) is 12.1 Å². The van der Waals surface area contributed by atoms with Gasteiger partial charge in [-0.05, 0) is 66.6 Å². The van der Waals surface area contributed by atoms with Crippen LogP contribution in [-0.4, -0.2) is 34.7 Å². The largest absolute Gasteiger partial charge is 0.508 e. The summed E-state index contributed by atoms with van der Waals surface area (Å²) in [5, 5.41) is 9.77. The number of rotatable bonds is 1. The fourth-order valence-corrected chi connectivity index (χ4v) is 4.90. The molecule has 132 valence electrons. The van der Waals surface area contributed by atoms with Crippen molar-refractivity contribution in [2.75, 3.05) is 6.54 Å². The molecule has 1 amide bonds. The molecule has 26 heavy (non-hydrogen) atoms. The van der Waals surface area contributed by atoms with E-state index in [-0.39, 0.29) is 11.9 Å². The van der Waals surface area contributed by atoms with Crippen LogP contribution in [0.4, 0.5) is 5.69 Å². The third kappa shape index (κ3) is 2.44. The van der Waals surface area contributed by atoms with Gasteiger partial charge in [0.05, 0.1) is 5.69 Å². The maximum absolute atomic E-state index is 13.3. The van der Waals surface area contributed by atoms with Gasteiger partial charge in [-0.2, -0.15) is 0 Å². The number of fused-ring (bicyclic) bond motifs is 4. The molecular formula is C22H22N2O2. The normalized spacial score (nSPS) is 23.3. The maximum atomic E-state index is 13.3. The molecule has 1 saturated heterocycles. The van der Waals surface area contributed by atoms with E-state index in [0.717, 1.165) is 49.9 Å². The summed E-state index contributed by atoms with van der Waals surface area (Å²) in [6, 6.07) is 11.9. The number of amides is 1. The first-order valence-corrected chi connectivity index (χ1v) is 9.49. The Bertz CT molecular complexity index is 918. The van der Waals surface area contributed by atoms with Crippen molar-refractivity contribution in [3.05, 3.63) is 58.7 Å². The highest BCUT2D eigenvalue weighted by Gasteiger charge is 2.38.